The molecule has 1 aliphatic carbocycles. The van der Waals surface area contributed by atoms with Crippen LogP contribution in [0.5, 0.6) is 0 Å². The molecule has 1 aromatic rings. The van der Waals surface area contributed by atoms with Gasteiger partial charge in [-0.1, -0.05) is 40.2 Å². The van der Waals surface area contributed by atoms with Crippen molar-refractivity contribution in [3.8, 4) is 0 Å². The van der Waals surface area contributed by atoms with Crippen LogP contribution in [0.1, 0.15) is 37.8 Å². The monoisotopic (exact) mass is 365 g/mol. The molecule has 1 amide bonds. The molecule has 0 saturated heterocycles. The van der Waals surface area contributed by atoms with Crippen LogP contribution in [0.25, 0.3) is 0 Å². The van der Waals surface area contributed by atoms with Crippen LogP contribution in [-0.2, 0) is 14.3 Å². The molecule has 0 bridgehead atoms. The number of hydrogen-bond acceptors (Lipinski definition) is 3. The third-order valence-electron chi connectivity index (χ3n) is 3.70. The average Bonchev–Trinajstić information content (AvgIpc) is 2.54. The van der Waals surface area contributed by atoms with Gasteiger partial charge in [-0.2, -0.15) is 0 Å². The van der Waals surface area contributed by atoms with Crippen LogP contribution < -0.4 is 5.32 Å². The number of nitrogens with one attached hydrogen (secondary N) is 1. The number of rotatable bonds is 5. The molecule has 22 heavy (non-hydrogen) atoms. The van der Waals surface area contributed by atoms with Gasteiger partial charge in [-0.15, -0.1) is 0 Å². The van der Waals surface area contributed by atoms with Crippen LogP contribution in [0.15, 0.2) is 40.9 Å². The molecule has 2 atom stereocenters. The highest BCUT2D eigenvalue weighted by atomic mass is 79.9. The van der Waals surface area contributed by atoms with Gasteiger partial charge in [0.2, 0.25) is 0 Å². The smallest absolute Gasteiger partial charge is 0.309 e. The topological polar surface area (TPSA) is 55.4 Å². The quantitative estimate of drug-likeness (QED) is 0.641. The summed E-state index contributed by atoms with van der Waals surface area (Å²) in [5.41, 5.74) is 1.00. The number of carbonyl (C=O) groups is 2. The van der Waals surface area contributed by atoms with E-state index in [-0.39, 0.29) is 30.4 Å². The van der Waals surface area contributed by atoms with E-state index in [1.165, 1.54) is 0 Å². The van der Waals surface area contributed by atoms with Crippen LogP contribution >= 0.6 is 15.9 Å². The Labute approximate surface area is 139 Å². The second kappa shape index (κ2) is 8.13. The van der Waals surface area contributed by atoms with Gasteiger partial charge in [0.15, 0.2) is 6.61 Å². The minimum atomic E-state index is -0.282. The minimum Gasteiger partial charge on any atom is -0.455 e. The maximum absolute atomic E-state index is 11.9. The highest BCUT2D eigenvalue weighted by molar-refractivity contribution is 9.10. The van der Waals surface area contributed by atoms with E-state index in [2.05, 4.69) is 27.3 Å². The fourth-order valence-electron chi connectivity index (χ4n) is 2.38. The Morgan fingerprint density at radius 1 is 1.32 bits per heavy atom. The summed E-state index contributed by atoms with van der Waals surface area (Å²) in [6.07, 6.45) is 6.45. The number of hydrogen-bond donors (Lipinski definition) is 1. The molecule has 1 N–H and O–H groups in total. The van der Waals surface area contributed by atoms with Crippen molar-refractivity contribution in [3.63, 3.8) is 0 Å². The number of carbonyl (C=O) groups excluding carboxylic acids is 2. The predicted molar refractivity (Wildman–Crippen MR) is 88.1 cm³/mol. The lowest BCUT2D eigenvalue weighted by Crippen LogP contribution is -2.32. The molecule has 0 spiro atoms. The summed E-state index contributed by atoms with van der Waals surface area (Å²) in [5.74, 6) is -0.674. The first-order valence-electron chi connectivity index (χ1n) is 7.42. The number of allylic oxidation sites excluding steroid dienone is 2. The van der Waals surface area contributed by atoms with Crippen LogP contribution in [0.4, 0.5) is 0 Å². The Morgan fingerprint density at radius 3 is 2.68 bits per heavy atom. The summed E-state index contributed by atoms with van der Waals surface area (Å²) in [5, 5.41) is 2.83. The Morgan fingerprint density at radius 2 is 2.05 bits per heavy atom. The highest BCUT2D eigenvalue weighted by Gasteiger charge is 2.21. The van der Waals surface area contributed by atoms with E-state index in [1.807, 2.05) is 37.3 Å². The maximum Gasteiger partial charge on any atom is 0.309 e. The highest BCUT2D eigenvalue weighted by Crippen LogP contribution is 2.19. The second-order valence-electron chi connectivity index (χ2n) is 5.43. The maximum atomic E-state index is 11.9. The van der Waals surface area contributed by atoms with Crippen LogP contribution in [-0.4, -0.2) is 18.5 Å². The number of benzene rings is 1. The number of amides is 1. The van der Waals surface area contributed by atoms with E-state index < -0.39 is 0 Å². The van der Waals surface area contributed by atoms with Crippen molar-refractivity contribution in [2.45, 2.75) is 32.2 Å². The lowest BCUT2D eigenvalue weighted by atomic mass is 9.95. The van der Waals surface area contributed by atoms with Crippen LogP contribution in [0.3, 0.4) is 0 Å². The predicted octanol–water partition coefficient (Wildman–Crippen LogP) is 3.53. The van der Waals surface area contributed by atoms with Gasteiger partial charge in [0, 0.05) is 4.47 Å². The summed E-state index contributed by atoms with van der Waals surface area (Å²) in [6, 6.07) is 7.60. The SMILES string of the molecule is C[C@H](NC(=O)COC(=O)[C@@H]1CC=CCC1)c1ccc(Br)cc1. The molecule has 0 radical (unpaired) electrons. The molecule has 2 rings (SSSR count). The summed E-state index contributed by atoms with van der Waals surface area (Å²) in [7, 11) is 0. The lowest BCUT2D eigenvalue weighted by molar-refractivity contribution is -0.153. The number of ether oxygens (including phenoxy) is 1. The molecule has 4 nitrogen and oxygen atoms in total. The zero-order valence-corrected chi connectivity index (χ0v) is 14.1. The molecule has 118 valence electrons. The first-order valence-corrected chi connectivity index (χ1v) is 8.22. The third kappa shape index (κ3) is 4.98. The molecule has 0 saturated carbocycles. The standard InChI is InChI=1S/C17H20BrNO3/c1-12(13-7-9-15(18)10-8-13)19-16(20)11-22-17(21)14-5-3-2-4-6-14/h2-3,7-10,12,14H,4-6,11H2,1H3,(H,19,20)/t12-,14+/m0/s1. The number of esters is 1. The second-order valence-corrected chi connectivity index (χ2v) is 6.35. The van der Waals surface area contributed by atoms with E-state index in [1.54, 1.807) is 0 Å². The van der Waals surface area contributed by atoms with Crippen molar-refractivity contribution in [1.82, 2.24) is 5.32 Å². The van der Waals surface area contributed by atoms with Crippen molar-refractivity contribution < 1.29 is 14.3 Å². The molecule has 0 unspecified atom stereocenters. The molecule has 0 aliphatic heterocycles. The van der Waals surface area contributed by atoms with Gasteiger partial charge in [-0.25, -0.2) is 0 Å². The Hall–Kier alpha value is -1.62. The minimum absolute atomic E-state index is 0.110. The Kier molecular flexibility index (Phi) is 6.19. The van der Waals surface area contributed by atoms with E-state index in [0.29, 0.717) is 6.42 Å². The van der Waals surface area contributed by atoms with Crippen molar-refractivity contribution >= 4 is 27.8 Å². The summed E-state index contributed by atoms with van der Waals surface area (Å²) < 4.78 is 6.10. The van der Waals surface area contributed by atoms with Gasteiger partial charge >= 0.3 is 5.97 Å². The molecule has 1 aromatic carbocycles. The lowest BCUT2D eigenvalue weighted by Gasteiger charge is -2.17. The van der Waals surface area contributed by atoms with Gasteiger partial charge in [0.1, 0.15) is 0 Å². The molecule has 0 heterocycles. The van der Waals surface area contributed by atoms with Gasteiger partial charge in [0.25, 0.3) is 5.91 Å². The number of halogens is 1. The van der Waals surface area contributed by atoms with Gasteiger partial charge in [-0.3, -0.25) is 9.59 Å². The molecule has 0 fully saturated rings. The molecule has 0 aromatic heterocycles. The normalized spacial score (nSPS) is 18.5. The van der Waals surface area contributed by atoms with Crippen LogP contribution in [0.2, 0.25) is 0 Å². The molecule has 1 aliphatic rings. The molecular formula is C17H20BrNO3. The first kappa shape index (κ1) is 16.7. The molecule has 5 heteroatoms. The fraction of sp³-hybridized carbons (Fsp3) is 0.412. The zero-order chi connectivity index (χ0) is 15.9. The summed E-state index contributed by atoms with van der Waals surface area (Å²) >= 11 is 3.37. The summed E-state index contributed by atoms with van der Waals surface area (Å²) in [4.78, 5) is 23.7. The fourth-order valence-corrected chi connectivity index (χ4v) is 2.64. The first-order chi connectivity index (χ1) is 10.6. The summed E-state index contributed by atoms with van der Waals surface area (Å²) in [6.45, 7) is 1.68. The average molecular weight is 366 g/mol. The van der Waals surface area contributed by atoms with Gasteiger partial charge in [-0.05, 0) is 43.9 Å². The van der Waals surface area contributed by atoms with Crippen molar-refractivity contribution in [3.05, 3.63) is 46.5 Å². The van der Waals surface area contributed by atoms with Gasteiger partial charge in [0.05, 0.1) is 12.0 Å². The largest absolute Gasteiger partial charge is 0.455 e. The third-order valence-corrected chi connectivity index (χ3v) is 4.22. The van der Waals surface area contributed by atoms with E-state index >= 15 is 0 Å². The Bertz CT molecular complexity index is 554. The van der Waals surface area contributed by atoms with Crippen molar-refractivity contribution in [2.24, 2.45) is 5.92 Å². The van der Waals surface area contributed by atoms with E-state index in [9.17, 15) is 9.59 Å². The van der Waals surface area contributed by atoms with Gasteiger partial charge < -0.3 is 10.1 Å². The van der Waals surface area contributed by atoms with Crippen LogP contribution in [0, 0.1) is 5.92 Å². The van der Waals surface area contributed by atoms with E-state index in [4.69, 9.17) is 4.74 Å². The van der Waals surface area contributed by atoms with Crippen molar-refractivity contribution in [1.29, 1.82) is 0 Å². The van der Waals surface area contributed by atoms with E-state index in [0.717, 1.165) is 22.9 Å². The Balaban J connectivity index is 1.76. The zero-order valence-electron chi connectivity index (χ0n) is 12.5. The molecular weight excluding hydrogens is 346 g/mol. The van der Waals surface area contributed by atoms with Crippen molar-refractivity contribution in [2.75, 3.05) is 6.61 Å².